The third kappa shape index (κ3) is 2.24. The van der Waals surface area contributed by atoms with Gasteiger partial charge in [0.2, 0.25) is 0 Å². The van der Waals surface area contributed by atoms with Crippen molar-refractivity contribution in [2.45, 2.75) is 13.0 Å². The molecule has 0 spiro atoms. The Morgan fingerprint density at radius 2 is 2.40 bits per heavy atom. The number of ether oxygens (including phenoxy) is 1. The number of nitrogens with one attached hydrogen (secondary N) is 1. The average Bonchev–Trinajstić information content (AvgIpc) is 2.67. The first-order valence-corrected chi connectivity index (χ1v) is 5.63. The van der Waals surface area contributed by atoms with Gasteiger partial charge in [-0.25, -0.2) is 9.97 Å². The number of methoxy groups -OCH3 is 1. The monoisotopic (exact) mass is 223 g/mol. The van der Waals surface area contributed by atoms with Crippen LogP contribution in [0.2, 0.25) is 0 Å². The molecule has 15 heavy (non-hydrogen) atoms. The van der Waals surface area contributed by atoms with E-state index in [1.165, 1.54) is 0 Å². The van der Waals surface area contributed by atoms with Crippen LogP contribution in [0.1, 0.15) is 6.92 Å². The molecule has 0 bridgehead atoms. The summed E-state index contributed by atoms with van der Waals surface area (Å²) in [6.07, 6.45) is 1.58. The smallest absolute Gasteiger partial charge is 0.147 e. The summed E-state index contributed by atoms with van der Waals surface area (Å²) in [4.78, 5) is 8.42. The zero-order valence-electron chi connectivity index (χ0n) is 8.73. The molecule has 0 saturated carbocycles. The number of hydrogen-bond acceptors (Lipinski definition) is 5. The van der Waals surface area contributed by atoms with Crippen molar-refractivity contribution in [3.8, 4) is 0 Å². The van der Waals surface area contributed by atoms with Gasteiger partial charge in [0.05, 0.1) is 16.8 Å². The quantitative estimate of drug-likeness (QED) is 0.862. The summed E-state index contributed by atoms with van der Waals surface area (Å²) in [5, 5.41) is 5.33. The van der Waals surface area contributed by atoms with Gasteiger partial charge in [0, 0.05) is 13.2 Å². The van der Waals surface area contributed by atoms with Crippen molar-refractivity contribution >= 4 is 27.4 Å². The maximum absolute atomic E-state index is 5.07. The van der Waals surface area contributed by atoms with Crippen LogP contribution in [0.4, 0.5) is 5.82 Å². The predicted octanol–water partition coefficient (Wildman–Crippen LogP) is 2.14. The first kappa shape index (κ1) is 10.3. The fourth-order valence-corrected chi connectivity index (χ4v) is 2.21. The highest BCUT2D eigenvalue weighted by Gasteiger charge is 2.07. The zero-order valence-corrected chi connectivity index (χ0v) is 9.54. The minimum atomic E-state index is 0.246. The van der Waals surface area contributed by atoms with Crippen molar-refractivity contribution in [3.63, 3.8) is 0 Å². The molecule has 2 rings (SSSR count). The molecule has 1 atom stereocenters. The molecule has 5 heteroatoms. The molecule has 2 heterocycles. The lowest BCUT2D eigenvalue weighted by atomic mass is 10.3. The first-order valence-electron chi connectivity index (χ1n) is 4.75. The lowest BCUT2D eigenvalue weighted by Crippen LogP contribution is -2.21. The van der Waals surface area contributed by atoms with Gasteiger partial charge in [-0.1, -0.05) is 0 Å². The molecule has 1 N–H and O–H groups in total. The van der Waals surface area contributed by atoms with Crippen LogP contribution in [0.25, 0.3) is 10.2 Å². The van der Waals surface area contributed by atoms with Crippen molar-refractivity contribution in [3.05, 3.63) is 17.8 Å². The number of nitrogens with zero attached hydrogens (tertiary/aromatic N) is 2. The second-order valence-electron chi connectivity index (χ2n) is 3.36. The van der Waals surface area contributed by atoms with Gasteiger partial charge in [0.25, 0.3) is 0 Å². The molecular weight excluding hydrogens is 210 g/mol. The number of thiophene rings is 1. The van der Waals surface area contributed by atoms with E-state index in [2.05, 4.69) is 22.2 Å². The molecule has 0 saturated heterocycles. The number of rotatable bonds is 4. The Balaban J connectivity index is 2.23. The SMILES string of the molecule is COC[C@@H](C)Nc1ncnc2ccsc12. The van der Waals surface area contributed by atoms with E-state index < -0.39 is 0 Å². The minimum absolute atomic E-state index is 0.246. The summed E-state index contributed by atoms with van der Waals surface area (Å²) in [5.41, 5.74) is 0.988. The van der Waals surface area contributed by atoms with E-state index in [0.717, 1.165) is 16.0 Å². The standard InChI is InChI=1S/C10H13N3OS/c1-7(5-14-2)13-10-9-8(3-4-15-9)11-6-12-10/h3-4,6-7H,5H2,1-2H3,(H,11,12,13)/t7-/m1/s1. The molecule has 0 fully saturated rings. The predicted molar refractivity (Wildman–Crippen MR) is 62.4 cm³/mol. The van der Waals surface area contributed by atoms with Crippen LogP contribution < -0.4 is 5.32 Å². The van der Waals surface area contributed by atoms with E-state index in [-0.39, 0.29) is 6.04 Å². The van der Waals surface area contributed by atoms with Crippen LogP contribution in [-0.2, 0) is 4.74 Å². The highest BCUT2D eigenvalue weighted by molar-refractivity contribution is 7.17. The number of hydrogen-bond donors (Lipinski definition) is 1. The van der Waals surface area contributed by atoms with Crippen LogP contribution in [0.15, 0.2) is 17.8 Å². The average molecular weight is 223 g/mol. The van der Waals surface area contributed by atoms with Crippen LogP contribution in [0, 0.1) is 0 Å². The number of aromatic nitrogens is 2. The summed E-state index contributed by atoms with van der Waals surface area (Å²) < 4.78 is 6.16. The van der Waals surface area contributed by atoms with Crippen molar-refractivity contribution < 1.29 is 4.74 Å². The van der Waals surface area contributed by atoms with E-state index in [9.17, 15) is 0 Å². The normalized spacial score (nSPS) is 12.9. The Bertz CT molecular complexity index is 443. The summed E-state index contributed by atoms with van der Waals surface area (Å²) in [7, 11) is 1.69. The van der Waals surface area contributed by atoms with Crippen molar-refractivity contribution in [1.29, 1.82) is 0 Å². The highest BCUT2D eigenvalue weighted by Crippen LogP contribution is 2.25. The molecule has 0 aliphatic heterocycles. The topological polar surface area (TPSA) is 47.0 Å². The summed E-state index contributed by atoms with van der Waals surface area (Å²) in [6.45, 7) is 2.72. The second kappa shape index (κ2) is 4.55. The molecule has 0 aliphatic carbocycles. The fourth-order valence-electron chi connectivity index (χ4n) is 1.42. The Kier molecular flexibility index (Phi) is 3.13. The molecule has 0 unspecified atom stereocenters. The number of anilines is 1. The molecule has 2 aromatic rings. The highest BCUT2D eigenvalue weighted by atomic mass is 32.1. The lowest BCUT2D eigenvalue weighted by Gasteiger charge is -2.13. The molecule has 0 amide bonds. The van der Waals surface area contributed by atoms with Crippen molar-refractivity contribution in [2.24, 2.45) is 0 Å². The van der Waals surface area contributed by atoms with Gasteiger partial charge in [0.1, 0.15) is 12.1 Å². The maximum atomic E-state index is 5.07. The molecular formula is C10H13N3OS. The molecule has 4 nitrogen and oxygen atoms in total. The van der Waals surface area contributed by atoms with Gasteiger partial charge in [-0.2, -0.15) is 0 Å². The van der Waals surface area contributed by atoms with E-state index in [1.807, 2.05) is 11.4 Å². The number of fused-ring (bicyclic) bond motifs is 1. The molecule has 80 valence electrons. The first-order chi connectivity index (χ1) is 7.31. The Labute approximate surface area is 92.3 Å². The molecule has 0 radical (unpaired) electrons. The van der Waals surface area contributed by atoms with Gasteiger partial charge in [-0.05, 0) is 18.4 Å². The van der Waals surface area contributed by atoms with E-state index in [4.69, 9.17) is 4.74 Å². The second-order valence-corrected chi connectivity index (χ2v) is 4.27. The summed E-state index contributed by atoms with van der Waals surface area (Å²) in [5.74, 6) is 0.888. The maximum Gasteiger partial charge on any atom is 0.147 e. The minimum Gasteiger partial charge on any atom is -0.383 e. The van der Waals surface area contributed by atoms with Gasteiger partial charge in [0.15, 0.2) is 0 Å². The van der Waals surface area contributed by atoms with Gasteiger partial charge >= 0.3 is 0 Å². The molecule has 0 aromatic carbocycles. The largest absolute Gasteiger partial charge is 0.383 e. The van der Waals surface area contributed by atoms with Crippen LogP contribution in [0.5, 0.6) is 0 Å². The fraction of sp³-hybridized carbons (Fsp3) is 0.400. The Morgan fingerprint density at radius 3 is 3.20 bits per heavy atom. The van der Waals surface area contributed by atoms with Crippen LogP contribution in [0.3, 0.4) is 0 Å². The summed E-state index contributed by atoms with van der Waals surface area (Å²) in [6, 6.07) is 2.24. The van der Waals surface area contributed by atoms with Crippen LogP contribution >= 0.6 is 11.3 Å². The lowest BCUT2D eigenvalue weighted by molar-refractivity contribution is 0.190. The van der Waals surface area contributed by atoms with Crippen molar-refractivity contribution in [2.75, 3.05) is 19.0 Å². The summed E-state index contributed by atoms with van der Waals surface area (Å²) >= 11 is 1.65. The zero-order chi connectivity index (χ0) is 10.7. The van der Waals surface area contributed by atoms with Crippen LogP contribution in [-0.4, -0.2) is 29.7 Å². The van der Waals surface area contributed by atoms with E-state index in [0.29, 0.717) is 6.61 Å². The van der Waals surface area contributed by atoms with Crippen molar-refractivity contribution in [1.82, 2.24) is 9.97 Å². The Hall–Kier alpha value is -1.20. The van der Waals surface area contributed by atoms with E-state index >= 15 is 0 Å². The third-order valence-electron chi connectivity index (χ3n) is 2.04. The van der Waals surface area contributed by atoms with Gasteiger partial charge in [-0.15, -0.1) is 11.3 Å². The third-order valence-corrected chi connectivity index (χ3v) is 2.95. The molecule has 2 aromatic heterocycles. The molecule has 0 aliphatic rings. The van der Waals surface area contributed by atoms with Gasteiger partial charge < -0.3 is 10.1 Å². The Morgan fingerprint density at radius 1 is 1.53 bits per heavy atom. The van der Waals surface area contributed by atoms with Gasteiger partial charge in [-0.3, -0.25) is 0 Å². The van der Waals surface area contributed by atoms with E-state index in [1.54, 1.807) is 24.8 Å².